The quantitative estimate of drug-likeness (QED) is 0.766. The second kappa shape index (κ2) is 3.10. The first kappa shape index (κ1) is 8.69. The average Bonchev–Trinajstić information content (AvgIpc) is 2.45. The summed E-state index contributed by atoms with van der Waals surface area (Å²) in [6, 6.07) is 0. The molecule has 2 heterocycles. The minimum Gasteiger partial charge on any atom is -0.344 e. The first-order chi connectivity index (χ1) is 6.24. The van der Waals surface area contributed by atoms with Gasteiger partial charge in [0.25, 0.3) is 0 Å². The summed E-state index contributed by atoms with van der Waals surface area (Å²) in [7, 11) is 0. The molecular formula is C9H10BrN3. The molecule has 2 rings (SSSR count). The monoisotopic (exact) mass is 239 g/mol. The predicted octanol–water partition coefficient (Wildman–Crippen LogP) is 2.52. The Morgan fingerprint density at radius 1 is 1.46 bits per heavy atom. The Kier molecular flexibility index (Phi) is 2.07. The fourth-order valence-electron chi connectivity index (χ4n) is 1.50. The number of hydrogen-bond acceptors (Lipinski definition) is 2. The minimum absolute atomic E-state index is 0.941. The SMILES string of the molecule is CCn1cc(Br)c2ncnc(C)c21. The zero-order valence-corrected chi connectivity index (χ0v) is 9.17. The van der Waals surface area contributed by atoms with E-state index in [1.54, 1.807) is 6.33 Å². The van der Waals surface area contributed by atoms with Crippen molar-refractivity contribution in [2.45, 2.75) is 20.4 Å². The van der Waals surface area contributed by atoms with Crippen molar-refractivity contribution in [3.05, 3.63) is 22.7 Å². The molecule has 68 valence electrons. The summed E-state index contributed by atoms with van der Waals surface area (Å²) in [5, 5.41) is 0. The van der Waals surface area contributed by atoms with E-state index in [4.69, 9.17) is 0 Å². The number of halogens is 1. The summed E-state index contributed by atoms with van der Waals surface area (Å²) in [5.41, 5.74) is 3.14. The van der Waals surface area contributed by atoms with Gasteiger partial charge in [0.1, 0.15) is 11.8 Å². The molecule has 0 aliphatic rings. The second-order valence-electron chi connectivity index (χ2n) is 2.92. The highest BCUT2D eigenvalue weighted by Crippen LogP contribution is 2.25. The van der Waals surface area contributed by atoms with Crippen molar-refractivity contribution in [3.8, 4) is 0 Å². The molecule has 0 fully saturated rings. The molecule has 0 spiro atoms. The number of nitrogens with zero attached hydrogens (tertiary/aromatic N) is 3. The molecule has 0 aromatic carbocycles. The van der Waals surface area contributed by atoms with Crippen molar-refractivity contribution in [2.75, 3.05) is 0 Å². The Labute approximate surface area is 84.9 Å². The fourth-order valence-corrected chi connectivity index (χ4v) is 2.03. The lowest BCUT2D eigenvalue weighted by molar-refractivity contribution is 0.791. The van der Waals surface area contributed by atoms with E-state index in [-0.39, 0.29) is 0 Å². The standard InChI is InChI=1S/C9H10BrN3/c1-3-13-4-7(10)8-9(13)6(2)11-5-12-8/h4-5H,3H2,1-2H3. The molecule has 13 heavy (non-hydrogen) atoms. The highest BCUT2D eigenvalue weighted by molar-refractivity contribution is 9.10. The van der Waals surface area contributed by atoms with Gasteiger partial charge in [-0.05, 0) is 29.8 Å². The van der Waals surface area contributed by atoms with Gasteiger partial charge in [-0.2, -0.15) is 0 Å². The summed E-state index contributed by atoms with van der Waals surface area (Å²) >= 11 is 3.48. The van der Waals surface area contributed by atoms with Crippen LogP contribution < -0.4 is 0 Å². The van der Waals surface area contributed by atoms with Crippen LogP contribution in [0, 0.1) is 6.92 Å². The lowest BCUT2D eigenvalue weighted by atomic mass is 10.3. The van der Waals surface area contributed by atoms with Gasteiger partial charge in [-0.25, -0.2) is 9.97 Å². The van der Waals surface area contributed by atoms with E-state index in [2.05, 4.69) is 37.4 Å². The van der Waals surface area contributed by atoms with Crippen molar-refractivity contribution in [1.29, 1.82) is 0 Å². The van der Waals surface area contributed by atoms with Crippen LogP contribution in [-0.4, -0.2) is 14.5 Å². The van der Waals surface area contributed by atoms with Gasteiger partial charge in [0.15, 0.2) is 0 Å². The van der Waals surface area contributed by atoms with Crippen LogP contribution in [0.5, 0.6) is 0 Å². The van der Waals surface area contributed by atoms with Crippen LogP contribution in [0.4, 0.5) is 0 Å². The zero-order valence-electron chi connectivity index (χ0n) is 7.58. The van der Waals surface area contributed by atoms with Gasteiger partial charge in [-0.1, -0.05) is 0 Å². The molecule has 0 saturated heterocycles. The Bertz CT molecular complexity index is 447. The van der Waals surface area contributed by atoms with Crippen LogP contribution in [-0.2, 0) is 6.54 Å². The van der Waals surface area contributed by atoms with Crippen LogP contribution in [0.3, 0.4) is 0 Å². The molecule has 0 amide bonds. The van der Waals surface area contributed by atoms with Crippen LogP contribution in [0.25, 0.3) is 11.0 Å². The van der Waals surface area contributed by atoms with Crippen molar-refractivity contribution < 1.29 is 0 Å². The molecule has 0 aliphatic heterocycles. The highest BCUT2D eigenvalue weighted by atomic mass is 79.9. The number of rotatable bonds is 1. The molecule has 0 radical (unpaired) electrons. The van der Waals surface area contributed by atoms with Gasteiger partial charge in [-0.15, -0.1) is 0 Å². The Morgan fingerprint density at radius 3 is 2.92 bits per heavy atom. The van der Waals surface area contributed by atoms with E-state index in [1.807, 2.05) is 13.1 Å². The molecule has 2 aromatic heterocycles. The minimum atomic E-state index is 0.941. The van der Waals surface area contributed by atoms with Crippen molar-refractivity contribution in [3.63, 3.8) is 0 Å². The van der Waals surface area contributed by atoms with E-state index in [9.17, 15) is 0 Å². The lowest BCUT2D eigenvalue weighted by Gasteiger charge is -2.01. The molecular weight excluding hydrogens is 230 g/mol. The van der Waals surface area contributed by atoms with Crippen LogP contribution in [0.2, 0.25) is 0 Å². The van der Waals surface area contributed by atoms with Crippen molar-refractivity contribution in [1.82, 2.24) is 14.5 Å². The summed E-state index contributed by atoms with van der Waals surface area (Å²) in [5.74, 6) is 0. The third-order valence-electron chi connectivity index (χ3n) is 2.13. The van der Waals surface area contributed by atoms with E-state index in [0.717, 1.165) is 27.7 Å². The molecule has 0 unspecified atom stereocenters. The average molecular weight is 240 g/mol. The largest absolute Gasteiger partial charge is 0.344 e. The maximum absolute atomic E-state index is 4.23. The summed E-state index contributed by atoms with van der Waals surface area (Å²) in [4.78, 5) is 8.41. The van der Waals surface area contributed by atoms with Crippen LogP contribution in [0.1, 0.15) is 12.6 Å². The fraction of sp³-hybridized carbons (Fsp3) is 0.333. The Hall–Kier alpha value is -0.900. The third-order valence-corrected chi connectivity index (χ3v) is 2.71. The van der Waals surface area contributed by atoms with Gasteiger partial charge in [0, 0.05) is 12.7 Å². The topological polar surface area (TPSA) is 30.7 Å². The molecule has 0 N–H and O–H groups in total. The zero-order chi connectivity index (χ0) is 9.42. The smallest absolute Gasteiger partial charge is 0.116 e. The third kappa shape index (κ3) is 1.25. The first-order valence-corrected chi connectivity index (χ1v) is 4.99. The van der Waals surface area contributed by atoms with Crippen molar-refractivity contribution in [2.24, 2.45) is 0 Å². The van der Waals surface area contributed by atoms with E-state index in [1.165, 1.54) is 0 Å². The van der Waals surface area contributed by atoms with Gasteiger partial charge in [0.2, 0.25) is 0 Å². The molecule has 0 aliphatic carbocycles. The molecule has 3 nitrogen and oxygen atoms in total. The van der Waals surface area contributed by atoms with E-state index in [0.29, 0.717) is 0 Å². The van der Waals surface area contributed by atoms with E-state index < -0.39 is 0 Å². The molecule has 0 bridgehead atoms. The van der Waals surface area contributed by atoms with Gasteiger partial charge in [0.05, 0.1) is 15.7 Å². The van der Waals surface area contributed by atoms with Crippen LogP contribution >= 0.6 is 15.9 Å². The van der Waals surface area contributed by atoms with Gasteiger partial charge in [-0.3, -0.25) is 0 Å². The summed E-state index contributed by atoms with van der Waals surface area (Å²) in [6.45, 7) is 5.05. The predicted molar refractivity (Wildman–Crippen MR) is 55.6 cm³/mol. The number of aryl methyl sites for hydroxylation is 2. The first-order valence-electron chi connectivity index (χ1n) is 4.20. The van der Waals surface area contributed by atoms with Crippen molar-refractivity contribution >= 4 is 27.0 Å². The Balaban J connectivity index is 2.89. The lowest BCUT2D eigenvalue weighted by Crippen LogP contribution is -1.95. The van der Waals surface area contributed by atoms with Crippen LogP contribution in [0.15, 0.2) is 17.0 Å². The van der Waals surface area contributed by atoms with Gasteiger partial charge < -0.3 is 4.57 Å². The summed E-state index contributed by atoms with van der Waals surface area (Å²) < 4.78 is 3.18. The highest BCUT2D eigenvalue weighted by Gasteiger charge is 2.08. The molecule has 0 saturated carbocycles. The number of hydrogen-bond donors (Lipinski definition) is 0. The molecule has 2 aromatic rings. The van der Waals surface area contributed by atoms with E-state index >= 15 is 0 Å². The number of fused-ring (bicyclic) bond motifs is 1. The maximum atomic E-state index is 4.23. The maximum Gasteiger partial charge on any atom is 0.116 e. The summed E-state index contributed by atoms with van der Waals surface area (Å²) in [6.07, 6.45) is 3.65. The normalized spacial score (nSPS) is 11.0. The molecule has 4 heteroatoms. The molecule has 0 atom stereocenters. The Morgan fingerprint density at radius 2 is 2.23 bits per heavy atom. The second-order valence-corrected chi connectivity index (χ2v) is 3.77. The van der Waals surface area contributed by atoms with Gasteiger partial charge >= 0.3 is 0 Å². The number of aromatic nitrogens is 3.